The van der Waals surface area contributed by atoms with E-state index < -0.39 is 5.97 Å². The molecule has 0 radical (unpaired) electrons. The van der Waals surface area contributed by atoms with Crippen molar-refractivity contribution in [3.05, 3.63) is 23.8 Å². The van der Waals surface area contributed by atoms with Crippen molar-refractivity contribution >= 4 is 17.6 Å². The van der Waals surface area contributed by atoms with Crippen LogP contribution >= 0.6 is 0 Å². The number of anilines is 1. The van der Waals surface area contributed by atoms with Gasteiger partial charge in [0.2, 0.25) is 5.91 Å². The predicted molar refractivity (Wildman–Crippen MR) is 76.5 cm³/mol. The van der Waals surface area contributed by atoms with Gasteiger partial charge in [-0.3, -0.25) is 4.79 Å². The summed E-state index contributed by atoms with van der Waals surface area (Å²) in [5, 5.41) is 21.0. The average molecular weight is 293 g/mol. The van der Waals surface area contributed by atoms with E-state index in [-0.39, 0.29) is 17.2 Å². The number of benzene rings is 1. The number of carbonyl (C=O) groups excluding carboxylic acids is 1. The van der Waals surface area contributed by atoms with Crippen molar-refractivity contribution in [2.45, 2.75) is 25.7 Å². The Hall–Kier alpha value is -2.08. The lowest BCUT2D eigenvalue weighted by Crippen LogP contribution is -2.18. The number of carboxylic acids is 1. The highest BCUT2D eigenvalue weighted by atomic mass is 16.5. The second kappa shape index (κ2) is 7.08. The fourth-order valence-electron chi connectivity index (χ4n) is 2.38. The van der Waals surface area contributed by atoms with E-state index in [2.05, 4.69) is 5.32 Å². The third-order valence-corrected chi connectivity index (χ3v) is 3.63. The van der Waals surface area contributed by atoms with Crippen molar-refractivity contribution in [3.63, 3.8) is 0 Å². The zero-order valence-corrected chi connectivity index (χ0v) is 11.7. The van der Waals surface area contributed by atoms with Crippen molar-refractivity contribution in [1.82, 2.24) is 0 Å². The van der Waals surface area contributed by atoms with Crippen LogP contribution in [0.5, 0.6) is 5.75 Å². The van der Waals surface area contributed by atoms with Crippen molar-refractivity contribution in [2.24, 2.45) is 5.92 Å². The molecule has 1 fully saturated rings. The van der Waals surface area contributed by atoms with Crippen LogP contribution in [-0.4, -0.2) is 35.3 Å². The van der Waals surface area contributed by atoms with Crippen LogP contribution in [0.25, 0.3) is 0 Å². The Kier molecular flexibility index (Phi) is 5.16. The van der Waals surface area contributed by atoms with Crippen LogP contribution in [0.4, 0.5) is 5.69 Å². The highest BCUT2D eigenvalue weighted by Gasteiger charge is 2.16. The lowest BCUT2D eigenvalue weighted by Gasteiger charge is -2.21. The summed E-state index contributed by atoms with van der Waals surface area (Å²) in [6, 6.07) is 4.00. The fraction of sp³-hybridized carbons (Fsp3) is 0.467. The molecule has 1 saturated heterocycles. The standard InChI is InChI=1S/C15H19NO5/c17-13-3-2-11(9-12(13)15(19)20)16-14(18)4-1-10-5-7-21-8-6-10/h2-3,9-10,17H,1,4-8H2,(H,16,18)(H,19,20). The number of phenols is 1. The smallest absolute Gasteiger partial charge is 0.339 e. The van der Waals surface area contributed by atoms with Crippen molar-refractivity contribution in [2.75, 3.05) is 18.5 Å². The maximum absolute atomic E-state index is 11.9. The predicted octanol–water partition coefficient (Wildman–Crippen LogP) is 2.24. The van der Waals surface area contributed by atoms with Crippen molar-refractivity contribution in [3.8, 4) is 5.75 Å². The van der Waals surface area contributed by atoms with E-state index in [0.717, 1.165) is 32.5 Å². The van der Waals surface area contributed by atoms with Gasteiger partial charge in [0.05, 0.1) is 0 Å². The molecule has 6 nitrogen and oxygen atoms in total. The Morgan fingerprint density at radius 3 is 2.67 bits per heavy atom. The molecular formula is C15H19NO5. The molecular weight excluding hydrogens is 274 g/mol. The Balaban J connectivity index is 1.87. The molecule has 0 bridgehead atoms. The summed E-state index contributed by atoms with van der Waals surface area (Å²) >= 11 is 0. The molecule has 0 aliphatic carbocycles. The van der Waals surface area contributed by atoms with Gasteiger partial charge in [-0.05, 0) is 43.4 Å². The number of rotatable bonds is 5. The van der Waals surface area contributed by atoms with Gasteiger partial charge in [-0.15, -0.1) is 0 Å². The van der Waals surface area contributed by atoms with Crippen molar-refractivity contribution < 1.29 is 24.5 Å². The molecule has 21 heavy (non-hydrogen) atoms. The summed E-state index contributed by atoms with van der Waals surface area (Å²) in [5.41, 5.74) is 0.152. The van der Waals surface area contributed by atoms with Crippen LogP contribution in [0.1, 0.15) is 36.0 Å². The number of carboxylic acid groups (broad SMARTS) is 1. The quantitative estimate of drug-likeness (QED) is 0.723. The molecule has 1 aliphatic rings. The summed E-state index contributed by atoms with van der Waals surface area (Å²) in [5.74, 6) is -1.18. The third kappa shape index (κ3) is 4.46. The zero-order valence-electron chi connectivity index (χ0n) is 11.7. The number of ether oxygens (including phenoxy) is 1. The highest BCUT2D eigenvalue weighted by molar-refractivity contribution is 5.95. The Bertz CT molecular complexity index is 523. The molecule has 0 spiro atoms. The lowest BCUT2D eigenvalue weighted by atomic mass is 9.95. The Morgan fingerprint density at radius 2 is 2.00 bits per heavy atom. The summed E-state index contributed by atoms with van der Waals surface area (Å²) < 4.78 is 5.27. The number of hydrogen-bond donors (Lipinski definition) is 3. The molecule has 0 aromatic heterocycles. The second-order valence-electron chi connectivity index (χ2n) is 5.18. The van der Waals surface area contributed by atoms with E-state index in [0.29, 0.717) is 18.0 Å². The van der Waals surface area contributed by atoms with Gasteiger partial charge in [0.25, 0.3) is 0 Å². The number of aromatic hydroxyl groups is 1. The summed E-state index contributed by atoms with van der Waals surface area (Å²) in [7, 11) is 0. The number of aromatic carboxylic acids is 1. The molecule has 0 atom stereocenters. The molecule has 2 rings (SSSR count). The number of hydrogen-bond acceptors (Lipinski definition) is 4. The highest BCUT2D eigenvalue weighted by Crippen LogP contribution is 2.23. The van der Waals surface area contributed by atoms with Gasteiger partial charge in [-0.25, -0.2) is 4.79 Å². The maximum Gasteiger partial charge on any atom is 0.339 e. The molecule has 0 saturated carbocycles. The second-order valence-corrected chi connectivity index (χ2v) is 5.18. The van der Waals surface area contributed by atoms with Gasteiger partial charge in [-0.2, -0.15) is 0 Å². The molecule has 1 aromatic carbocycles. The zero-order chi connectivity index (χ0) is 15.2. The molecule has 0 unspecified atom stereocenters. The SMILES string of the molecule is O=C(CCC1CCOCC1)Nc1ccc(O)c(C(=O)O)c1. The van der Waals surface area contributed by atoms with Crippen LogP contribution in [0.3, 0.4) is 0 Å². The molecule has 3 N–H and O–H groups in total. The summed E-state index contributed by atoms with van der Waals surface area (Å²) in [4.78, 5) is 22.8. The number of carbonyl (C=O) groups is 2. The molecule has 1 aliphatic heterocycles. The van der Waals surface area contributed by atoms with E-state index in [4.69, 9.17) is 9.84 Å². The van der Waals surface area contributed by atoms with Crippen LogP contribution in [0.2, 0.25) is 0 Å². The first-order valence-corrected chi connectivity index (χ1v) is 7.00. The monoisotopic (exact) mass is 293 g/mol. The number of nitrogens with one attached hydrogen (secondary N) is 1. The van der Waals surface area contributed by atoms with Gasteiger partial charge in [0.15, 0.2) is 0 Å². The molecule has 1 amide bonds. The van der Waals surface area contributed by atoms with Gasteiger partial charge < -0.3 is 20.3 Å². The van der Waals surface area contributed by atoms with E-state index in [1.165, 1.54) is 18.2 Å². The van der Waals surface area contributed by atoms with Gasteiger partial charge in [0, 0.05) is 25.3 Å². The number of amides is 1. The first kappa shape index (κ1) is 15.3. The molecule has 6 heteroatoms. The van der Waals surface area contributed by atoms with E-state index in [9.17, 15) is 14.7 Å². The van der Waals surface area contributed by atoms with Crippen LogP contribution in [0.15, 0.2) is 18.2 Å². The van der Waals surface area contributed by atoms with Gasteiger partial charge in [-0.1, -0.05) is 0 Å². The van der Waals surface area contributed by atoms with Gasteiger partial charge in [0.1, 0.15) is 11.3 Å². The van der Waals surface area contributed by atoms with E-state index in [1.54, 1.807) is 0 Å². The van der Waals surface area contributed by atoms with Crippen molar-refractivity contribution in [1.29, 1.82) is 0 Å². The third-order valence-electron chi connectivity index (χ3n) is 3.63. The minimum absolute atomic E-state index is 0.150. The largest absolute Gasteiger partial charge is 0.507 e. The van der Waals surface area contributed by atoms with Gasteiger partial charge >= 0.3 is 5.97 Å². The van der Waals surface area contributed by atoms with E-state index in [1.807, 2.05) is 0 Å². The molecule has 1 aromatic rings. The summed E-state index contributed by atoms with van der Waals surface area (Å²) in [6.07, 6.45) is 3.16. The Morgan fingerprint density at radius 1 is 1.29 bits per heavy atom. The van der Waals surface area contributed by atoms with E-state index >= 15 is 0 Å². The maximum atomic E-state index is 11.9. The molecule has 114 valence electrons. The minimum atomic E-state index is -1.23. The first-order chi connectivity index (χ1) is 10.1. The summed E-state index contributed by atoms with van der Waals surface area (Å²) in [6.45, 7) is 1.51. The van der Waals surface area contributed by atoms with Crippen LogP contribution < -0.4 is 5.32 Å². The molecule has 1 heterocycles. The van der Waals surface area contributed by atoms with Crippen LogP contribution in [0, 0.1) is 5.92 Å². The average Bonchev–Trinajstić information content (AvgIpc) is 2.48. The fourth-order valence-corrected chi connectivity index (χ4v) is 2.38. The van der Waals surface area contributed by atoms with Crippen LogP contribution in [-0.2, 0) is 9.53 Å². The normalized spacial score (nSPS) is 15.6. The minimum Gasteiger partial charge on any atom is -0.507 e. The Labute approximate surface area is 122 Å². The lowest BCUT2D eigenvalue weighted by molar-refractivity contribution is -0.116. The topological polar surface area (TPSA) is 95.9 Å². The first-order valence-electron chi connectivity index (χ1n) is 7.00.